The van der Waals surface area contributed by atoms with Crippen LogP contribution in [0.4, 0.5) is 0 Å². The van der Waals surface area contributed by atoms with Crippen molar-refractivity contribution in [1.29, 1.82) is 0 Å². The number of aliphatic hydroxyl groups is 1. The minimum Gasteiger partial charge on any atom is -0.388 e. The lowest BCUT2D eigenvalue weighted by molar-refractivity contribution is -0.539. The van der Waals surface area contributed by atoms with Crippen LogP contribution >= 0.6 is 15.9 Å². The summed E-state index contributed by atoms with van der Waals surface area (Å²) in [5, 5.41) is 18.5. The molecule has 0 aromatic rings. The van der Waals surface area contributed by atoms with Crippen molar-refractivity contribution in [2.24, 2.45) is 0 Å². The second-order valence-corrected chi connectivity index (χ2v) is 3.16. The van der Waals surface area contributed by atoms with Crippen LogP contribution in [-0.4, -0.2) is 21.1 Å². The summed E-state index contributed by atoms with van der Waals surface area (Å²) >= 11 is 2.80. The van der Waals surface area contributed by atoms with Gasteiger partial charge in [0.15, 0.2) is 0 Å². The van der Waals surface area contributed by atoms with Crippen molar-refractivity contribution in [2.45, 2.75) is 17.8 Å². The molecule has 0 aromatic heterocycles. The van der Waals surface area contributed by atoms with Gasteiger partial charge in [0.05, 0.1) is 0 Å². The zero-order valence-electron chi connectivity index (χ0n) is 5.00. The third-order valence-electron chi connectivity index (χ3n) is 1.11. The van der Waals surface area contributed by atoms with Crippen LogP contribution in [0.3, 0.4) is 0 Å². The zero-order valence-corrected chi connectivity index (χ0v) is 6.59. The van der Waals surface area contributed by atoms with E-state index in [0.717, 1.165) is 0 Å². The third kappa shape index (κ3) is 1.91. The van der Waals surface area contributed by atoms with E-state index in [-0.39, 0.29) is 6.42 Å². The van der Waals surface area contributed by atoms with Crippen LogP contribution < -0.4 is 0 Å². The lowest BCUT2D eigenvalue weighted by atomic mass is 10.2. The summed E-state index contributed by atoms with van der Waals surface area (Å²) < 4.78 is -1.33. The number of nitro groups is 1. The summed E-state index contributed by atoms with van der Waals surface area (Å²) in [5.74, 6) is 0. The maximum atomic E-state index is 10.1. The van der Waals surface area contributed by atoms with Crippen molar-refractivity contribution >= 4 is 15.9 Å². The summed E-state index contributed by atoms with van der Waals surface area (Å²) in [4.78, 5) is 9.55. The average Bonchev–Trinajstić information content (AvgIpc) is 1.86. The molecule has 0 amide bonds. The Bertz CT molecular complexity index is 112. The monoisotopic (exact) mass is 197 g/mol. The highest BCUT2D eigenvalue weighted by Crippen LogP contribution is 2.21. The van der Waals surface area contributed by atoms with Gasteiger partial charge in [-0.15, -0.1) is 0 Å². The van der Waals surface area contributed by atoms with Gasteiger partial charge >= 0.3 is 0 Å². The first-order chi connectivity index (χ1) is 4.06. The van der Waals surface area contributed by atoms with Crippen molar-refractivity contribution in [3.05, 3.63) is 10.1 Å². The quantitative estimate of drug-likeness (QED) is 0.315. The van der Waals surface area contributed by atoms with E-state index >= 15 is 0 Å². The van der Waals surface area contributed by atoms with Crippen LogP contribution in [0.25, 0.3) is 0 Å². The summed E-state index contributed by atoms with van der Waals surface area (Å²) in [6.45, 7) is 1.16. The standard InChI is InChI=1S/C4H8BrNO3/c1-2-4(5,3-7)6(8)9/h7H,2-3H2,1H3. The Labute approximate surface area is 61.1 Å². The van der Waals surface area contributed by atoms with Crippen molar-refractivity contribution in [2.75, 3.05) is 6.61 Å². The lowest BCUT2D eigenvalue weighted by Crippen LogP contribution is -2.34. The van der Waals surface area contributed by atoms with Gasteiger partial charge in [0.1, 0.15) is 6.61 Å². The lowest BCUT2D eigenvalue weighted by Gasteiger charge is -2.12. The number of nitrogens with zero attached hydrogens (tertiary/aromatic N) is 1. The Kier molecular flexibility index (Phi) is 3.07. The fourth-order valence-electron chi connectivity index (χ4n) is 0.299. The van der Waals surface area contributed by atoms with E-state index < -0.39 is 16.0 Å². The second-order valence-electron chi connectivity index (χ2n) is 1.69. The fraction of sp³-hybridized carbons (Fsp3) is 1.00. The maximum absolute atomic E-state index is 10.1. The van der Waals surface area contributed by atoms with E-state index in [1.807, 2.05) is 0 Å². The topological polar surface area (TPSA) is 63.4 Å². The SMILES string of the molecule is CCC(Br)(CO)[N+](=O)[O-]. The van der Waals surface area contributed by atoms with Crippen LogP contribution in [0.15, 0.2) is 0 Å². The molecule has 0 aliphatic rings. The molecule has 0 rings (SSSR count). The highest BCUT2D eigenvalue weighted by atomic mass is 79.9. The van der Waals surface area contributed by atoms with Crippen LogP contribution in [0.2, 0.25) is 0 Å². The van der Waals surface area contributed by atoms with Crippen LogP contribution in [-0.2, 0) is 0 Å². The first kappa shape index (κ1) is 8.84. The first-order valence-electron chi connectivity index (χ1n) is 2.51. The normalized spacial score (nSPS) is 16.8. The Morgan fingerprint density at radius 1 is 1.89 bits per heavy atom. The number of aliphatic hydroxyl groups excluding tert-OH is 1. The van der Waals surface area contributed by atoms with Crippen molar-refractivity contribution < 1.29 is 10.0 Å². The highest BCUT2D eigenvalue weighted by molar-refractivity contribution is 9.10. The van der Waals surface area contributed by atoms with Gasteiger partial charge in [0.2, 0.25) is 0 Å². The number of alkyl halides is 1. The predicted molar refractivity (Wildman–Crippen MR) is 36.0 cm³/mol. The molecule has 0 aromatic carbocycles. The minimum absolute atomic E-state index is 0.274. The predicted octanol–water partition coefficient (Wildman–Crippen LogP) is 0.757. The van der Waals surface area contributed by atoms with E-state index in [1.54, 1.807) is 6.92 Å². The molecule has 0 bridgehead atoms. The molecule has 0 radical (unpaired) electrons. The molecular weight excluding hydrogens is 190 g/mol. The first-order valence-corrected chi connectivity index (χ1v) is 3.30. The molecule has 4 nitrogen and oxygen atoms in total. The Hall–Kier alpha value is -0.160. The Balaban J connectivity index is 4.09. The molecule has 1 N–H and O–H groups in total. The van der Waals surface area contributed by atoms with Gasteiger partial charge in [0.25, 0.3) is 4.45 Å². The van der Waals surface area contributed by atoms with E-state index in [2.05, 4.69) is 15.9 Å². The van der Waals surface area contributed by atoms with Gasteiger partial charge in [-0.1, -0.05) is 6.92 Å². The molecule has 0 heterocycles. The summed E-state index contributed by atoms with van der Waals surface area (Å²) in [6.07, 6.45) is 0.274. The molecule has 0 aliphatic carbocycles. The molecule has 54 valence electrons. The summed E-state index contributed by atoms with van der Waals surface area (Å²) in [6, 6.07) is 0. The van der Waals surface area contributed by atoms with Gasteiger partial charge in [0, 0.05) is 27.3 Å². The molecule has 0 fully saturated rings. The maximum Gasteiger partial charge on any atom is 0.296 e. The van der Waals surface area contributed by atoms with Crippen LogP contribution in [0.1, 0.15) is 13.3 Å². The summed E-state index contributed by atoms with van der Waals surface area (Å²) in [7, 11) is 0. The zero-order chi connectivity index (χ0) is 7.49. The van der Waals surface area contributed by atoms with Gasteiger partial charge < -0.3 is 5.11 Å². The van der Waals surface area contributed by atoms with E-state index in [1.165, 1.54) is 0 Å². The second kappa shape index (κ2) is 3.12. The minimum atomic E-state index is -1.33. The molecule has 9 heavy (non-hydrogen) atoms. The average molecular weight is 198 g/mol. The van der Waals surface area contributed by atoms with Crippen molar-refractivity contribution in [3.63, 3.8) is 0 Å². The van der Waals surface area contributed by atoms with Crippen LogP contribution in [0, 0.1) is 10.1 Å². The molecular formula is C4H8BrNO3. The van der Waals surface area contributed by atoms with Gasteiger partial charge in [-0.3, -0.25) is 10.1 Å². The molecule has 1 atom stereocenters. The molecule has 1 unspecified atom stereocenters. The van der Waals surface area contributed by atoms with Crippen molar-refractivity contribution in [3.8, 4) is 0 Å². The van der Waals surface area contributed by atoms with E-state index in [0.29, 0.717) is 0 Å². The molecule has 5 heteroatoms. The van der Waals surface area contributed by atoms with E-state index in [4.69, 9.17) is 5.11 Å². The number of rotatable bonds is 3. The summed E-state index contributed by atoms with van der Waals surface area (Å²) in [5.41, 5.74) is 0. The third-order valence-corrected chi connectivity index (χ3v) is 2.21. The van der Waals surface area contributed by atoms with Crippen molar-refractivity contribution in [1.82, 2.24) is 0 Å². The number of halogens is 1. The van der Waals surface area contributed by atoms with E-state index in [9.17, 15) is 10.1 Å². The van der Waals surface area contributed by atoms with Gasteiger partial charge in [-0.05, 0) is 0 Å². The largest absolute Gasteiger partial charge is 0.388 e. The Morgan fingerprint density at radius 3 is 2.33 bits per heavy atom. The Morgan fingerprint density at radius 2 is 2.33 bits per heavy atom. The molecule has 0 saturated heterocycles. The van der Waals surface area contributed by atoms with Gasteiger partial charge in [-0.25, -0.2) is 0 Å². The van der Waals surface area contributed by atoms with Crippen LogP contribution in [0.5, 0.6) is 0 Å². The number of hydrogen-bond acceptors (Lipinski definition) is 3. The molecule has 0 saturated carbocycles. The molecule has 0 aliphatic heterocycles. The smallest absolute Gasteiger partial charge is 0.296 e. The van der Waals surface area contributed by atoms with Gasteiger partial charge in [-0.2, -0.15) is 0 Å². The fourth-order valence-corrected chi connectivity index (χ4v) is 0.299. The highest BCUT2D eigenvalue weighted by Gasteiger charge is 2.36. The number of hydrogen-bond donors (Lipinski definition) is 1. The molecule has 0 spiro atoms.